The van der Waals surface area contributed by atoms with Crippen molar-refractivity contribution in [2.75, 3.05) is 11.1 Å². The summed E-state index contributed by atoms with van der Waals surface area (Å²) in [5, 5.41) is 22.4. The monoisotopic (exact) mass is 450 g/mol. The first-order valence-corrected chi connectivity index (χ1v) is 10.3. The Balaban J connectivity index is 1.55. The molecule has 9 nitrogen and oxygen atoms in total. The van der Waals surface area contributed by atoms with Gasteiger partial charge in [-0.15, -0.1) is 10.2 Å². The quantitative estimate of drug-likeness (QED) is 0.256. The van der Waals surface area contributed by atoms with Gasteiger partial charge in [-0.25, -0.2) is 0 Å². The first-order chi connectivity index (χ1) is 15.5. The molecule has 0 spiro atoms. The van der Waals surface area contributed by atoms with Gasteiger partial charge in [0.25, 0.3) is 0 Å². The summed E-state index contributed by atoms with van der Waals surface area (Å²) in [4.78, 5) is 26.6. The SMILES string of the molecule is O=C(CSc1nnc(-c2cccnc2)n1-c1ccccc1)Nc1ccc(F)c([N+](=O)[O-])c1. The number of nitrogens with one attached hydrogen (secondary N) is 1. The topological polar surface area (TPSA) is 116 Å². The zero-order chi connectivity index (χ0) is 22.5. The Morgan fingerprint density at radius 2 is 1.94 bits per heavy atom. The van der Waals surface area contributed by atoms with Gasteiger partial charge in [0.05, 0.1) is 10.7 Å². The number of carbonyl (C=O) groups excluding carboxylic acids is 1. The molecular formula is C21H15FN6O3S. The van der Waals surface area contributed by atoms with E-state index >= 15 is 0 Å². The maximum atomic E-state index is 13.5. The third-order valence-corrected chi connectivity index (χ3v) is 5.26. The van der Waals surface area contributed by atoms with Crippen molar-refractivity contribution in [3.63, 3.8) is 0 Å². The summed E-state index contributed by atoms with van der Waals surface area (Å²) in [5.41, 5.74) is 0.997. The van der Waals surface area contributed by atoms with Gasteiger partial charge in [-0.1, -0.05) is 30.0 Å². The molecule has 2 aromatic carbocycles. The molecule has 0 fully saturated rings. The number of nitrogens with zero attached hydrogens (tertiary/aromatic N) is 5. The molecule has 0 bridgehead atoms. The summed E-state index contributed by atoms with van der Waals surface area (Å²) in [6, 6.07) is 16.3. The van der Waals surface area contributed by atoms with E-state index in [1.54, 1.807) is 18.5 Å². The fourth-order valence-corrected chi connectivity index (χ4v) is 3.66. The lowest BCUT2D eigenvalue weighted by atomic mass is 10.2. The highest BCUT2D eigenvalue weighted by Gasteiger charge is 2.18. The minimum atomic E-state index is -0.971. The number of amides is 1. The van der Waals surface area contributed by atoms with Gasteiger partial charge in [-0.05, 0) is 36.4 Å². The van der Waals surface area contributed by atoms with Crippen molar-refractivity contribution in [2.45, 2.75) is 5.16 Å². The normalized spacial score (nSPS) is 10.7. The molecule has 32 heavy (non-hydrogen) atoms. The van der Waals surface area contributed by atoms with Gasteiger partial charge >= 0.3 is 5.69 Å². The molecule has 0 atom stereocenters. The van der Waals surface area contributed by atoms with Crippen LogP contribution in [0.5, 0.6) is 0 Å². The van der Waals surface area contributed by atoms with Crippen LogP contribution in [0, 0.1) is 15.9 Å². The number of nitro benzene ring substituents is 1. The fraction of sp³-hybridized carbons (Fsp3) is 0.0476. The van der Waals surface area contributed by atoms with Crippen LogP contribution in [0.2, 0.25) is 0 Å². The molecule has 0 aliphatic carbocycles. The predicted molar refractivity (Wildman–Crippen MR) is 117 cm³/mol. The van der Waals surface area contributed by atoms with E-state index in [1.807, 2.05) is 41.0 Å². The molecule has 0 aliphatic rings. The molecule has 0 saturated carbocycles. The van der Waals surface area contributed by atoms with Gasteiger partial charge in [0.15, 0.2) is 11.0 Å². The van der Waals surface area contributed by atoms with Gasteiger partial charge < -0.3 is 5.32 Å². The van der Waals surface area contributed by atoms with Crippen LogP contribution in [-0.4, -0.2) is 36.3 Å². The molecule has 0 aliphatic heterocycles. The molecular weight excluding hydrogens is 435 g/mol. The molecule has 4 aromatic rings. The smallest absolute Gasteiger partial charge is 0.306 e. The van der Waals surface area contributed by atoms with E-state index < -0.39 is 22.3 Å². The number of benzene rings is 2. The molecule has 2 aromatic heterocycles. The zero-order valence-corrected chi connectivity index (χ0v) is 17.2. The Morgan fingerprint density at radius 3 is 2.66 bits per heavy atom. The first kappa shape index (κ1) is 21.1. The summed E-state index contributed by atoms with van der Waals surface area (Å²) >= 11 is 1.15. The van der Waals surface area contributed by atoms with Crippen molar-refractivity contribution < 1.29 is 14.1 Å². The van der Waals surface area contributed by atoms with Crippen LogP contribution in [-0.2, 0) is 4.79 Å². The number of rotatable bonds is 7. The number of thioether (sulfide) groups is 1. The molecule has 4 rings (SSSR count). The Morgan fingerprint density at radius 1 is 1.12 bits per heavy atom. The Labute approximate surface area is 185 Å². The first-order valence-electron chi connectivity index (χ1n) is 9.31. The minimum absolute atomic E-state index is 0.0385. The van der Waals surface area contributed by atoms with E-state index in [0.717, 1.165) is 35.1 Å². The van der Waals surface area contributed by atoms with Crippen molar-refractivity contribution in [3.8, 4) is 17.1 Å². The number of hydrogen-bond donors (Lipinski definition) is 1. The molecule has 1 N–H and O–H groups in total. The van der Waals surface area contributed by atoms with Crippen LogP contribution >= 0.6 is 11.8 Å². The molecule has 2 heterocycles. The highest BCUT2D eigenvalue weighted by atomic mass is 32.2. The molecule has 160 valence electrons. The minimum Gasteiger partial charge on any atom is -0.325 e. The highest BCUT2D eigenvalue weighted by molar-refractivity contribution is 7.99. The standard InChI is InChI=1S/C21H15FN6O3S/c22-17-9-8-15(11-18(17)28(30)31)24-19(29)13-32-21-26-25-20(14-5-4-10-23-12-14)27(21)16-6-2-1-3-7-16/h1-12H,13H2,(H,24,29). The van der Waals surface area contributed by atoms with E-state index in [-0.39, 0.29) is 11.4 Å². The number of para-hydroxylation sites is 1. The van der Waals surface area contributed by atoms with Crippen LogP contribution in [0.15, 0.2) is 78.2 Å². The largest absolute Gasteiger partial charge is 0.325 e. The van der Waals surface area contributed by atoms with E-state index in [2.05, 4.69) is 20.5 Å². The molecule has 11 heteroatoms. The second-order valence-corrected chi connectivity index (χ2v) is 7.42. The summed E-state index contributed by atoms with van der Waals surface area (Å²) in [5.74, 6) is -0.868. The number of aromatic nitrogens is 4. The van der Waals surface area contributed by atoms with Gasteiger partial charge in [-0.3, -0.25) is 24.5 Å². The van der Waals surface area contributed by atoms with Crippen molar-refractivity contribution in [2.24, 2.45) is 0 Å². The van der Waals surface area contributed by atoms with Crippen LogP contribution < -0.4 is 5.32 Å². The third kappa shape index (κ3) is 4.62. The van der Waals surface area contributed by atoms with E-state index in [4.69, 9.17) is 0 Å². The number of anilines is 1. The number of hydrogen-bond acceptors (Lipinski definition) is 7. The van der Waals surface area contributed by atoms with Crippen molar-refractivity contribution in [3.05, 3.63) is 89.0 Å². The summed E-state index contributed by atoms with van der Waals surface area (Å²) < 4.78 is 15.3. The molecule has 0 unspecified atom stereocenters. The lowest BCUT2D eigenvalue weighted by molar-refractivity contribution is -0.387. The van der Waals surface area contributed by atoms with Crippen LogP contribution in [0.4, 0.5) is 15.8 Å². The van der Waals surface area contributed by atoms with E-state index in [1.165, 1.54) is 6.07 Å². The summed E-state index contributed by atoms with van der Waals surface area (Å²) in [7, 11) is 0. The van der Waals surface area contributed by atoms with E-state index in [9.17, 15) is 19.3 Å². The average molecular weight is 450 g/mol. The Kier molecular flexibility index (Phi) is 6.17. The lowest BCUT2D eigenvalue weighted by Gasteiger charge is -2.10. The van der Waals surface area contributed by atoms with Crippen molar-refractivity contribution in [1.82, 2.24) is 19.7 Å². The Bertz CT molecular complexity index is 1270. The van der Waals surface area contributed by atoms with Crippen molar-refractivity contribution >= 4 is 29.0 Å². The van der Waals surface area contributed by atoms with Crippen molar-refractivity contribution in [1.29, 1.82) is 0 Å². The fourth-order valence-electron chi connectivity index (χ4n) is 2.91. The third-order valence-electron chi connectivity index (χ3n) is 4.33. The average Bonchev–Trinajstić information content (AvgIpc) is 3.24. The summed E-state index contributed by atoms with van der Waals surface area (Å²) in [6.45, 7) is 0. The molecule has 0 radical (unpaired) electrons. The van der Waals surface area contributed by atoms with Crippen LogP contribution in [0.1, 0.15) is 0 Å². The number of halogens is 1. The maximum Gasteiger partial charge on any atom is 0.306 e. The zero-order valence-electron chi connectivity index (χ0n) is 16.4. The maximum absolute atomic E-state index is 13.5. The van der Waals surface area contributed by atoms with Gasteiger partial charge in [0.2, 0.25) is 11.7 Å². The molecule has 0 saturated heterocycles. The number of nitro groups is 1. The van der Waals surface area contributed by atoms with Gasteiger partial charge in [0.1, 0.15) is 0 Å². The highest BCUT2D eigenvalue weighted by Crippen LogP contribution is 2.28. The lowest BCUT2D eigenvalue weighted by Crippen LogP contribution is -2.15. The second kappa shape index (κ2) is 9.35. The van der Waals surface area contributed by atoms with Gasteiger partial charge in [-0.2, -0.15) is 4.39 Å². The van der Waals surface area contributed by atoms with E-state index in [0.29, 0.717) is 11.0 Å². The van der Waals surface area contributed by atoms with Crippen LogP contribution in [0.25, 0.3) is 17.1 Å². The number of pyridine rings is 1. The summed E-state index contributed by atoms with van der Waals surface area (Å²) in [6.07, 6.45) is 3.33. The van der Waals surface area contributed by atoms with Crippen LogP contribution in [0.3, 0.4) is 0 Å². The second-order valence-electron chi connectivity index (χ2n) is 6.48. The Hall–Kier alpha value is -4.12. The molecule has 1 amide bonds. The predicted octanol–water partition coefficient (Wildman–Crippen LogP) is 4.11. The van der Waals surface area contributed by atoms with Gasteiger partial charge in [0, 0.05) is 35.4 Å². The number of carbonyl (C=O) groups is 1.